The number of para-hydroxylation sites is 1. The second-order valence-corrected chi connectivity index (χ2v) is 5.26. The molecular formula is C13H11ClF3NO. The summed E-state index contributed by atoms with van der Waals surface area (Å²) in [5.74, 6) is 0. The summed E-state index contributed by atoms with van der Waals surface area (Å²) < 4.78 is 39.4. The van der Waals surface area contributed by atoms with Crippen molar-refractivity contribution in [1.82, 2.24) is 4.98 Å². The van der Waals surface area contributed by atoms with Crippen molar-refractivity contribution in [1.29, 1.82) is 0 Å². The van der Waals surface area contributed by atoms with E-state index in [9.17, 15) is 18.3 Å². The van der Waals surface area contributed by atoms with Gasteiger partial charge >= 0.3 is 6.18 Å². The lowest BCUT2D eigenvalue weighted by Crippen LogP contribution is -2.45. The number of rotatable bonds is 0. The zero-order chi connectivity index (χ0) is 13.8. The molecule has 0 radical (unpaired) electrons. The Labute approximate surface area is 112 Å². The molecule has 0 fully saturated rings. The maximum Gasteiger partial charge on any atom is 0.422 e. The number of H-pyrrole nitrogens is 1. The maximum absolute atomic E-state index is 13.1. The number of aromatic nitrogens is 1. The van der Waals surface area contributed by atoms with Crippen LogP contribution >= 0.6 is 11.6 Å². The fraction of sp³-hybridized carbons (Fsp3) is 0.385. The molecule has 1 aliphatic rings. The molecule has 2 aromatic rings. The van der Waals surface area contributed by atoms with Gasteiger partial charge in [0.05, 0.1) is 16.2 Å². The monoisotopic (exact) mass is 289 g/mol. The number of benzene rings is 1. The first-order valence-corrected chi connectivity index (χ1v) is 6.31. The average Bonchev–Trinajstić information content (AvgIpc) is 2.70. The number of alkyl halides is 3. The van der Waals surface area contributed by atoms with Gasteiger partial charge in [-0.3, -0.25) is 0 Å². The summed E-state index contributed by atoms with van der Waals surface area (Å²) in [4.78, 5) is 2.68. The van der Waals surface area contributed by atoms with E-state index in [1.165, 1.54) is 0 Å². The van der Waals surface area contributed by atoms with Gasteiger partial charge in [0.15, 0.2) is 0 Å². The minimum absolute atomic E-state index is 0.158. The highest BCUT2D eigenvalue weighted by Crippen LogP contribution is 2.48. The molecule has 1 aromatic carbocycles. The molecule has 2 N–H and O–H groups in total. The molecule has 2 nitrogen and oxygen atoms in total. The Bertz CT molecular complexity index is 649. The minimum atomic E-state index is -4.70. The molecule has 1 aliphatic carbocycles. The second kappa shape index (κ2) is 3.90. The Morgan fingerprint density at radius 1 is 1.32 bits per heavy atom. The van der Waals surface area contributed by atoms with Gasteiger partial charge in [-0.25, -0.2) is 0 Å². The lowest BCUT2D eigenvalue weighted by molar-refractivity contribution is -0.272. The van der Waals surface area contributed by atoms with Crippen molar-refractivity contribution in [2.45, 2.75) is 31.0 Å². The van der Waals surface area contributed by atoms with Crippen molar-refractivity contribution in [2.24, 2.45) is 0 Å². The predicted octanol–water partition coefficient (Wildman–Crippen LogP) is 3.91. The number of aromatic amines is 1. The van der Waals surface area contributed by atoms with Crippen molar-refractivity contribution in [3.63, 3.8) is 0 Å². The number of hydrogen-bond acceptors (Lipinski definition) is 1. The summed E-state index contributed by atoms with van der Waals surface area (Å²) in [5.41, 5.74) is -1.99. The zero-order valence-corrected chi connectivity index (χ0v) is 10.6. The van der Waals surface area contributed by atoms with Gasteiger partial charge in [0.1, 0.15) is 0 Å². The van der Waals surface area contributed by atoms with E-state index in [1.807, 2.05) is 0 Å². The van der Waals surface area contributed by atoms with E-state index in [0.29, 0.717) is 34.3 Å². The smallest absolute Gasteiger partial charge is 0.375 e. The van der Waals surface area contributed by atoms with Gasteiger partial charge in [0, 0.05) is 5.39 Å². The molecule has 102 valence electrons. The highest BCUT2D eigenvalue weighted by atomic mass is 35.5. The molecule has 6 heteroatoms. The molecule has 1 heterocycles. The first-order chi connectivity index (χ1) is 8.84. The predicted molar refractivity (Wildman–Crippen MR) is 66.2 cm³/mol. The van der Waals surface area contributed by atoms with Crippen LogP contribution in [-0.4, -0.2) is 16.3 Å². The third kappa shape index (κ3) is 1.68. The third-order valence-electron chi connectivity index (χ3n) is 3.74. The maximum atomic E-state index is 13.1. The van der Waals surface area contributed by atoms with E-state index < -0.39 is 11.8 Å². The topological polar surface area (TPSA) is 36.0 Å². The Morgan fingerprint density at radius 3 is 2.74 bits per heavy atom. The van der Waals surface area contributed by atoms with Crippen LogP contribution in [0.2, 0.25) is 5.02 Å². The Balaban J connectivity index is 2.32. The van der Waals surface area contributed by atoms with E-state index >= 15 is 0 Å². The van der Waals surface area contributed by atoms with Crippen LogP contribution < -0.4 is 0 Å². The summed E-state index contributed by atoms with van der Waals surface area (Å²) in [6, 6.07) is 5.02. The van der Waals surface area contributed by atoms with Crippen LogP contribution in [0.3, 0.4) is 0 Å². The SMILES string of the molecule is OC1(C(F)(F)F)CCCc2c1[nH]c1c(Cl)cccc21. The largest absolute Gasteiger partial charge is 0.422 e. The van der Waals surface area contributed by atoms with Crippen LogP contribution in [0.15, 0.2) is 18.2 Å². The quantitative estimate of drug-likeness (QED) is 0.758. The van der Waals surface area contributed by atoms with Gasteiger partial charge < -0.3 is 10.1 Å². The van der Waals surface area contributed by atoms with Gasteiger partial charge in [0.2, 0.25) is 5.60 Å². The highest BCUT2D eigenvalue weighted by molar-refractivity contribution is 6.35. The van der Waals surface area contributed by atoms with Gasteiger partial charge in [0.25, 0.3) is 0 Å². The summed E-state index contributed by atoms with van der Waals surface area (Å²) in [6.07, 6.45) is -4.22. The molecule has 1 atom stereocenters. The Kier molecular flexibility index (Phi) is 2.63. The lowest BCUT2D eigenvalue weighted by Gasteiger charge is -2.33. The van der Waals surface area contributed by atoms with Crippen LogP contribution in [0.25, 0.3) is 10.9 Å². The summed E-state index contributed by atoms with van der Waals surface area (Å²) >= 11 is 5.99. The van der Waals surface area contributed by atoms with E-state index in [0.717, 1.165) is 0 Å². The third-order valence-corrected chi connectivity index (χ3v) is 4.05. The molecule has 0 spiro atoms. The lowest BCUT2D eigenvalue weighted by atomic mass is 9.82. The Morgan fingerprint density at radius 2 is 2.05 bits per heavy atom. The zero-order valence-electron chi connectivity index (χ0n) is 9.81. The first-order valence-electron chi connectivity index (χ1n) is 5.93. The molecule has 0 amide bonds. The van der Waals surface area contributed by atoms with Crippen LogP contribution in [0, 0.1) is 0 Å². The summed E-state index contributed by atoms with van der Waals surface area (Å²) in [5, 5.41) is 11.1. The average molecular weight is 290 g/mol. The number of hydrogen-bond donors (Lipinski definition) is 2. The fourth-order valence-corrected chi connectivity index (χ4v) is 3.00. The molecule has 1 aromatic heterocycles. The van der Waals surface area contributed by atoms with E-state index in [4.69, 9.17) is 11.6 Å². The van der Waals surface area contributed by atoms with Crippen LogP contribution in [0.5, 0.6) is 0 Å². The van der Waals surface area contributed by atoms with Crippen LogP contribution in [0.1, 0.15) is 24.1 Å². The standard InChI is InChI=1S/C13H11ClF3NO/c14-9-5-1-3-7-8-4-2-6-12(19,13(15,16)17)11(8)18-10(7)9/h1,3,5,18-19H,2,4,6H2. The molecule has 0 saturated carbocycles. The van der Waals surface area contributed by atoms with Gasteiger partial charge in [-0.05, 0) is 30.9 Å². The molecule has 0 bridgehead atoms. The van der Waals surface area contributed by atoms with Crippen molar-refractivity contribution >= 4 is 22.5 Å². The van der Waals surface area contributed by atoms with E-state index in [-0.39, 0.29) is 12.1 Å². The Hall–Kier alpha value is -1.20. The molecule has 3 rings (SSSR count). The molecule has 0 aliphatic heterocycles. The molecule has 1 unspecified atom stereocenters. The molecule has 0 saturated heterocycles. The second-order valence-electron chi connectivity index (χ2n) is 4.85. The highest BCUT2D eigenvalue weighted by Gasteiger charge is 2.57. The number of aliphatic hydroxyl groups is 1. The fourth-order valence-electron chi connectivity index (χ4n) is 2.78. The van der Waals surface area contributed by atoms with Crippen LogP contribution in [0.4, 0.5) is 13.2 Å². The van der Waals surface area contributed by atoms with Crippen molar-refractivity contribution < 1.29 is 18.3 Å². The van der Waals surface area contributed by atoms with Crippen LogP contribution in [-0.2, 0) is 12.0 Å². The van der Waals surface area contributed by atoms with Gasteiger partial charge in [-0.2, -0.15) is 13.2 Å². The van der Waals surface area contributed by atoms with Crippen molar-refractivity contribution in [3.8, 4) is 0 Å². The minimum Gasteiger partial charge on any atom is -0.375 e. The van der Waals surface area contributed by atoms with Crippen molar-refractivity contribution in [3.05, 3.63) is 34.5 Å². The molecule has 19 heavy (non-hydrogen) atoms. The summed E-state index contributed by atoms with van der Waals surface area (Å²) in [7, 11) is 0. The van der Waals surface area contributed by atoms with E-state index in [1.54, 1.807) is 18.2 Å². The first kappa shape index (κ1) is 12.8. The number of nitrogens with one attached hydrogen (secondary N) is 1. The number of halogens is 4. The van der Waals surface area contributed by atoms with Crippen molar-refractivity contribution in [2.75, 3.05) is 0 Å². The number of aryl methyl sites for hydroxylation is 1. The van der Waals surface area contributed by atoms with Gasteiger partial charge in [-0.1, -0.05) is 23.7 Å². The summed E-state index contributed by atoms with van der Waals surface area (Å²) in [6.45, 7) is 0. The number of fused-ring (bicyclic) bond motifs is 3. The van der Waals surface area contributed by atoms with Gasteiger partial charge in [-0.15, -0.1) is 0 Å². The normalized spacial score (nSPS) is 23.6. The molecular weight excluding hydrogens is 279 g/mol. The van der Waals surface area contributed by atoms with E-state index in [2.05, 4.69) is 4.98 Å².